The van der Waals surface area contributed by atoms with E-state index in [-0.39, 0.29) is 10.8 Å². The number of hydrogen-bond acceptors (Lipinski definition) is 2. The first kappa shape index (κ1) is 35.6. The molecule has 0 aliphatic heterocycles. The molecule has 0 atom stereocenters. The molecule has 0 fully saturated rings. The normalized spacial score (nSPS) is 12.3. The van der Waals surface area contributed by atoms with Crippen molar-refractivity contribution >= 4 is 77.2 Å². The van der Waals surface area contributed by atoms with E-state index in [2.05, 4.69) is 223 Å². The van der Waals surface area contributed by atoms with Crippen molar-refractivity contribution in [3.8, 4) is 0 Å². The first-order valence-corrected chi connectivity index (χ1v) is 19.9. The molecular formula is C54H50N2. The van der Waals surface area contributed by atoms with Crippen LogP contribution in [0.25, 0.3) is 43.1 Å². The van der Waals surface area contributed by atoms with Gasteiger partial charge >= 0.3 is 0 Å². The topological polar surface area (TPSA) is 6.48 Å². The molecule has 9 aromatic rings. The van der Waals surface area contributed by atoms with Crippen molar-refractivity contribution in [2.75, 3.05) is 9.80 Å². The zero-order valence-electron chi connectivity index (χ0n) is 33.9. The molecule has 0 saturated carbocycles. The average Bonchev–Trinajstić information content (AvgIpc) is 3.19. The van der Waals surface area contributed by atoms with Crippen LogP contribution in [0, 0.1) is 13.8 Å². The fourth-order valence-corrected chi connectivity index (χ4v) is 8.87. The Labute approximate surface area is 332 Å². The highest BCUT2D eigenvalue weighted by Crippen LogP contribution is 2.52. The summed E-state index contributed by atoms with van der Waals surface area (Å²) >= 11 is 0. The van der Waals surface area contributed by atoms with Gasteiger partial charge in [-0.1, -0.05) is 139 Å². The van der Waals surface area contributed by atoms with E-state index in [1.54, 1.807) is 0 Å². The minimum atomic E-state index is 0.0680. The van der Waals surface area contributed by atoms with Gasteiger partial charge in [-0.3, -0.25) is 0 Å². The fourth-order valence-electron chi connectivity index (χ4n) is 8.87. The lowest BCUT2D eigenvalue weighted by Crippen LogP contribution is -2.14. The summed E-state index contributed by atoms with van der Waals surface area (Å²) < 4.78 is 0. The molecule has 0 radical (unpaired) electrons. The van der Waals surface area contributed by atoms with E-state index in [4.69, 9.17) is 0 Å². The van der Waals surface area contributed by atoms with Crippen molar-refractivity contribution < 1.29 is 0 Å². The largest absolute Gasteiger partial charge is 0.310 e. The highest BCUT2D eigenvalue weighted by atomic mass is 15.1. The van der Waals surface area contributed by atoms with Crippen LogP contribution in [0.15, 0.2) is 158 Å². The van der Waals surface area contributed by atoms with Crippen LogP contribution in [0.4, 0.5) is 34.1 Å². The number of hydrogen-bond donors (Lipinski definition) is 0. The highest BCUT2D eigenvalue weighted by molar-refractivity contribution is 6.37. The Morgan fingerprint density at radius 2 is 0.643 bits per heavy atom. The summed E-state index contributed by atoms with van der Waals surface area (Å²) in [6.45, 7) is 18.3. The van der Waals surface area contributed by atoms with Gasteiger partial charge in [0.2, 0.25) is 0 Å². The second-order valence-corrected chi connectivity index (χ2v) is 17.6. The van der Waals surface area contributed by atoms with E-state index in [1.807, 2.05) is 0 Å². The molecule has 2 nitrogen and oxygen atoms in total. The predicted octanol–water partition coefficient (Wildman–Crippen LogP) is 15.9. The van der Waals surface area contributed by atoms with Gasteiger partial charge in [-0.25, -0.2) is 0 Å². The van der Waals surface area contributed by atoms with Crippen LogP contribution in [0.2, 0.25) is 0 Å². The van der Waals surface area contributed by atoms with Gasteiger partial charge in [0, 0.05) is 44.3 Å². The van der Waals surface area contributed by atoms with Crippen LogP contribution >= 0.6 is 0 Å². The molecule has 56 heavy (non-hydrogen) atoms. The summed E-state index contributed by atoms with van der Waals surface area (Å²) in [5.74, 6) is 0. The van der Waals surface area contributed by atoms with E-state index >= 15 is 0 Å². The lowest BCUT2D eigenvalue weighted by atomic mass is 9.84. The molecule has 276 valence electrons. The minimum absolute atomic E-state index is 0.0680. The van der Waals surface area contributed by atoms with Crippen molar-refractivity contribution in [2.45, 2.75) is 66.2 Å². The van der Waals surface area contributed by atoms with Crippen LogP contribution in [0.1, 0.15) is 63.8 Å². The molecular weight excluding hydrogens is 677 g/mol. The summed E-state index contributed by atoms with van der Waals surface area (Å²) in [6, 6.07) is 58.7. The molecule has 0 aliphatic rings. The predicted molar refractivity (Wildman–Crippen MR) is 244 cm³/mol. The fraction of sp³-hybridized carbons (Fsp3) is 0.185. The number of fused-ring (bicyclic) bond motifs is 3. The van der Waals surface area contributed by atoms with Crippen molar-refractivity contribution in [3.63, 3.8) is 0 Å². The van der Waals surface area contributed by atoms with Gasteiger partial charge in [0.05, 0.1) is 11.4 Å². The number of aryl methyl sites for hydroxylation is 2. The van der Waals surface area contributed by atoms with Crippen molar-refractivity contribution in [2.24, 2.45) is 0 Å². The van der Waals surface area contributed by atoms with E-state index in [0.717, 1.165) is 22.7 Å². The smallest absolute Gasteiger partial charge is 0.0543 e. The molecule has 0 aliphatic carbocycles. The van der Waals surface area contributed by atoms with Gasteiger partial charge < -0.3 is 9.80 Å². The summed E-state index contributed by atoms with van der Waals surface area (Å²) in [7, 11) is 0. The van der Waals surface area contributed by atoms with E-state index in [0.29, 0.717) is 0 Å². The summed E-state index contributed by atoms with van der Waals surface area (Å²) in [4.78, 5) is 4.91. The van der Waals surface area contributed by atoms with Gasteiger partial charge in [0.15, 0.2) is 0 Å². The maximum Gasteiger partial charge on any atom is 0.0543 e. The average molecular weight is 727 g/mol. The Balaban J connectivity index is 1.39. The first-order valence-electron chi connectivity index (χ1n) is 19.9. The molecule has 0 spiro atoms. The monoisotopic (exact) mass is 726 g/mol. The Bertz CT molecular complexity index is 2660. The number of nitrogens with zero attached hydrogens (tertiary/aromatic N) is 2. The molecule has 0 saturated heterocycles. The van der Waals surface area contributed by atoms with Gasteiger partial charge in [-0.2, -0.15) is 0 Å². The standard InChI is InChI=1S/C54H50N2/c1-35-33-47(55(39-17-11-9-12-18-39)41-27-23-37(24-28-41)53(3,4)5)45-31-32-46-48(34-36(2)50-44-22-16-15-21-43(44)49(35)51(45)52(46)50)56(40-19-13-10-14-20-40)42-29-25-38(26-30-42)54(6,7)8/h9-34H,1-8H3. The number of para-hydroxylation sites is 2. The Kier molecular flexibility index (Phi) is 8.43. The highest BCUT2D eigenvalue weighted by Gasteiger charge is 2.26. The first-order chi connectivity index (χ1) is 26.9. The molecule has 2 heteroatoms. The molecule has 9 aromatic carbocycles. The Morgan fingerprint density at radius 3 is 0.982 bits per heavy atom. The van der Waals surface area contributed by atoms with Crippen LogP contribution < -0.4 is 9.80 Å². The quantitative estimate of drug-likeness (QED) is 0.124. The second-order valence-electron chi connectivity index (χ2n) is 17.6. The zero-order chi connectivity index (χ0) is 38.9. The van der Waals surface area contributed by atoms with Crippen LogP contribution in [-0.4, -0.2) is 0 Å². The SMILES string of the molecule is Cc1cc(N(c2ccccc2)c2ccc(C(C)(C)C)cc2)c2ccc3c(N(c4ccccc4)c4ccc(C(C)(C)C)cc4)cc(C)c4c5ccccc5c1c2c34. The lowest BCUT2D eigenvalue weighted by Gasteiger charge is -2.31. The second kappa shape index (κ2) is 13.3. The zero-order valence-corrected chi connectivity index (χ0v) is 33.9. The van der Waals surface area contributed by atoms with Gasteiger partial charge in [0.1, 0.15) is 0 Å². The number of rotatable bonds is 6. The van der Waals surface area contributed by atoms with E-state index in [9.17, 15) is 0 Å². The van der Waals surface area contributed by atoms with Crippen molar-refractivity contribution in [3.05, 3.63) is 180 Å². The molecule has 0 heterocycles. The minimum Gasteiger partial charge on any atom is -0.310 e. The molecule has 0 amide bonds. The molecule has 0 unspecified atom stereocenters. The van der Waals surface area contributed by atoms with Gasteiger partial charge in [-0.05, 0) is 129 Å². The van der Waals surface area contributed by atoms with Crippen LogP contribution in [0.3, 0.4) is 0 Å². The summed E-state index contributed by atoms with van der Waals surface area (Å²) in [6.07, 6.45) is 0. The van der Waals surface area contributed by atoms with Crippen LogP contribution in [-0.2, 0) is 10.8 Å². The number of anilines is 6. The maximum atomic E-state index is 2.45. The molecule has 0 N–H and O–H groups in total. The van der Waals surface area contributed by atoms with Gasteiger partial charge in [0.25, 0.3) is 0 Å². The summed E-state index contributed by atoms with van der Waals surface area (Å²) in [5.41, 5.74) is 12.3. The van der Waals surface area contributed by atoms with Crippen molar-refractivity contribution in [1.82, 2.24) is 0 Å². The Morgan fingerprint density at radius 1 is 0.321 bits per heavy atom. The third-order valence-corrected chi connectivity index (χ3v) is 11.7. The maximum absolute atomic E-state index is 2.45. The van der Waals surface area contributed by atoms with E-state index < -0.39 is 0 Å². The number of benzene rings is 9. The van der Waals surface area contributed by atoms with E-state index in [1.165, 1.54) is 76.7 Å². The van der Waals surface area contributed by atoms with Gasteiger partial charge in [-0.15, -0.1) is 0 Å². The molecule has 0 bridgehead atoms. The molecule has 0 aromatic heterocycles. The van der Waals surface area contributed by atoms with Crippen LogP contribution in [0.5, 0.6) is 0 Å². The Hall–Kier alpha value is -6.12. The van der Waals surface area contributed by atoms with Crippen molar-refractivity contribution in [1.29, 1.82) is 0 Å². The molecule has 9 rings (SSSR count). The third-order valence-electron chi connectivity index (χ3n) is 11.7. The summed E-state index contributed by atoms with van der Waals surface area (Å²) in [5, 5.41) is 10.4. The lowest BCUT2D eigenvalue weighted by molar-refractivity contribution is 0.590. The third kappa shape index (κ3) is 5.87.